The Morgan fingerprint density at radius 1 is 1.21 bits per heavy atom. The van der Waals surface area contributed by atoms with Gasteiger partial charge in [0.2, 0.25) is 5.91 Å². The van der Waals surface area contributed by atoms with Gasteiger partial charge in [-0.2, -0.15) is 0 Å². The number of fused-ring (bicyclic) bond motifs is 1. The number of hydrogen-bond acceptors (Lipinski definition) is 4. The minimum absolute atomic E-state index is 0.000575. The average Bonchev–Trinajstić information content (AvgIpc) is 3.39. The van der Waals surface area contributed by atoms with Gasteiger partial charge in [0.05, 0.1) is 17.3 Å². The molecule has 8 nitrogen and oxygen atoms in total. The Labute approximate surface area is 136 Å². The summed E-state index contributed by atoms with van der Waals surface area (Å²) in [6, 6.07) is 6.43. The van der Waals surface area contributed by atoms with Crippen LogP contribution in [0.5, 0.6) is 0 Å². The molecular formula is C16H17N3O5. The van der Waals surface area contributed by atoms with Crippen molar-refractivity contribution in [1.29, 1.82) is 0 Å². The van der Waals surface area contributed by atoms with Gasteiger partial charge in [-0.3, -0.25) is 24.3 Å². The summed E-state index contributed by atoms with van der Waals surface area (Å²) in [7, 11) is 0. The molecule has 1 aliphatic carbocycles. The second kappa shape index (κ2) is 6.31. The number of carbonyl (C=O) groups excluding carboxylic acids is 1. The van der Waals surface area contributed by atoms with Crippen molar-refractivity contribution in [1.82, 2.24) is 14.7 Å². The number of carbonyl (C=O) groups is 2. The predicted octanol–water partition coefficient (Wildman–Crippen LogP) is 0.155. The Bertz CT molecular complexity index is 910. The van der Waals surface area contributed by atoms with Crippen LogP contribution in [0.15, 0.2) is 33.9 Å². The number of carboxylic acid groups (broad SMARTS) is 1. The third-order valence-corrected chi connectivity index (χ3v) is 4.05. The Hall–Kier alpha value is -2.90. The van der Waals surface area contributed by atoms with E-state index in [-0.39, 0.29) is 37.0 Å². The first-order valence-electron chi connectivity index (χ1n) is 7.70. The number of rotatable bonds is 6. The molecule has 1 saturated carbocycles. The van der Waals surface area contributed by atoms with Gasteiger partial charge in [-0.1, -0.05) is 12.1 Å². The maximum absolute atomic E-state index is 12.4. The molecule has 2 aromatic rings. The lowest BCUT2D eigenvalue weighted by Gasteiger charge is -2.20. The zero-order chi connectivity index (χ0) is 17.3. The zero-order valence-electron chi connectivity index (χ0n) is 12.9. The summed E-state index contributed by atoms with van der Waals surface area (Å²) in [6.45, 7) is -0.340. The van der Waals surface area contributed by atoms with E-state index in [1.54, 1.807) is 24.3 Å². The van der Waals surface area contributed by atoms with E-state index in [0.717, 1.165) is 17.5 Å². The van der Waals surface area contributed by atoms with Crippen LogP contribution >= 0.6 is 0 Å². The van der Waals surface area contributed by atoms with Crippen molar-refractivity contribution >= 4 is 22.6 Å². The quantitative estimate of drug-likeness (QED) is 0.783. The molecule has 1 heterocycles. The SMILES string of the molecule is O=C(O)CN(C(=O)CCn1[nH]c(=O)c2ccccc2c1=O)C1CC1. The van der Waals surface area contributed by atoms with Crippen LogP contribution in [0.1, 0.15) is 19.3 Å². The molecule has 1 aromatic heterocycles. The Morgan fingerprint density at radius 2 is 1.88 bits per heavy atom. The number of aromatic amines is 1. The van der Waals surface area contributed by atoms with Crippen molar-refractivity contribution in [2.45, 2.75) is 31.8 Å². The Morgan fingerprint density at radius 3 is 2.50 bits per heavy atom. The van der Waals surface area contributed by atoms with Crippen LogP contribution in [0.3, 0.4) is 0 Å². The van der Waals surface area contributed by atoms with Crippen molar-refractivity contribution in [3.8, 4) is 0 Å². The minimum Gasteiger partial charge on any atom is -0.480 e. The molecule has 0 atom stereocenters. The number of nitrogens with zero attached hydrogens (tertiary/aromatic N) is 2. The van der Waals surface area contributed by atoms with Crippen LogP contribution < -0.4 is 11.1 Å². The van der Waals surface area contributed by atoms with Gasteiger partial charge in [0.15, 0.2) is 0 Å². The summed E-state index contributed by atoms with van der Waals surface area (Å²) in [6.07, 6.45) is 1.55. The first-order chi connectivity index (χ1) is 11.5. The highest BCUT2D eigenvalue weighted by molar-refractivity contribution is 5.82. The second-order valence-electron chi connectivity index (χ2n) is 5.84. The molecule has 3 rings (SSSR count). The summed E-state index contributed by atoms with van der Waals surface area (Å²) in [5.74, 6) is -1.40. The molecular weight excluding hydrogens is 314 g/mol. The molecule has 0 radical (unpaired) electrons. The van der Waals surface area contributed by atoms with E-state index in [0.29, 0.717) is 10.8 Å². The van der Waals surface area contributed by atoms with E-state index < -0.39 is 11.5 Å². The highest BCUT2D eigenvalue weighted by Gasteiger charge is 2.33. The second-order valence-corrected chi connectivity index (χ2v) is 5.84. The van der Waals surface area contributed by atoms with E-state index in [1.807, 2.05) is 0 Å². The van der Waals surface area contributed by atoms with Crippen LogP contribution in [-0.4, -0.2) is 44.3 Å². The van der Waals surface area contributed by atoms with Crippen molar-refractivity contribution in [3.05, 3.63) is 45.0 Å². The molecule has 0 unspecified atom stereocenters. The topological polar surface area (TPSA) is 112 Å². The van der Waals surface area contributed by atoms with E-state index in [9.17, 15) is 19.2 Å². The number of nitrogens with one attached hydrogen (secondary N) is 1. The number of aryl methyl sites for hydroxylation is 1. The van der Waals surface area contributed by atoms with Gasteiger partial charge in [0, 0.05) is 12.5 Å². The van der Waals surface area contributed by atoms with Gasteiger partial charge in [-0.25, -0.2) is 4.68 Å². The smallest absolute Gasteiger partial charge is 0.323 e. The third kappa shape index (κ3) is 3.22. The number of aromatic nitrogens is 2. The van der Waals surface area contributed by atoms with Crippen molar-refractivity contribution in [2.75, 3.05) is 6.54 Å². The largest absolute Gasteiger partial charge is 0.480 e. The van der Waals surface area contributed by atoms with Gasteiger partial charge in [-0.05, 0) is 25.0 Å². The van der Waals surface area contributed by atoms with Crippen LogP contribution in [0, 0.1) is 0 Å². The first-order valence-corrected chi connectivity index (χ1v) is 7.70. The van der Waals surface area contributed by atoms with E-state index >= 15 is 0 Å². The molecule has 24 heavy (non-hydrogen) atoms. The van der Waals surface area contributed by atoms with E-state index in [2.05, 4.69) is 5.10 Å². The highest BCUT2D eigenvalue weighted by Crippen LogP contribution is 2.27. The average molecular weight is 331 g/mol. The normalized spacial score (nSPS) is 13.8. The number of amides is 1. The molecule has 126 valence electrons. The molecule has 0 aliphatic heterocycles. The molecule has 0 saturated heterocycles. The fourth-order valence-electron chi connectivity index (χ4n) is 2.71. The summed E-state index contributed by atoms with van der Waals surface area (Å²) in [5, 5.41) is 11.9. The van der Waals surface area contributed by atoms with E-state index in [4.69, 9.17) is 5.11 Å². The van der Waals surface area contributed by atoms with Crippen LogP contribution in [0.25, 0.3) is 10.8 Å². The maximum Gasteiger partial charge on any atom is 0.323 e. The van der Waals surface area contributed by atoms with Gasteiger partial charge >= 0.3 is 5.97 Å². The highest BCUT2D eigenvalue weighted by atomic mass is 16.4. The lowest BCUT2D eigenvalue weighted by atomic mass is 10.2. The van der Waals surface area contributed by atoms with Gasteiger partial charge in [-0.15, -0.1) is 0 Å². The van der Waals surface area contributed by atoms with Crippen LogP contribution in [0.4, 0.5) is 0 Å². The molecule has 1 aliphatic rings. The fraction of sp³-hybridized carbons (Fsp3) is 0.375. The molecule has 0 spiro atoms. The molecule has 1 amide bonds. The third-order valence-electron chi connectivity index (χ3n) is 4.05. The number of benzene rings is 1. The summed E-state index contributed by atoms with van der Waals surface area (Å²) >= 11 is 0. The van der Waals surface area contributed by atoms with Crippen molar-refractivity contribution < 1.29 is 14.7 Å². The molecule has 1 aromatic carbocycles. The minimum atomic E-state index is -1.06. The Kier molecular flexibility index (Phi) is 4.20. The monoisotopic (exact) mass is 331 g/mol. The van der Waals surface area contributed by atoms with Gasteiger partial charge in [0.1, 0.15) is 6.54 Å². The lowest BCUT2D eigenvalue weighted by molar-refractivity contribution is -0.145. The summed E-state index contributed by atoms with van der Waals surface area (Å²) in [4.78, 5) is 48.8. The van der Waals surface area contributed by atoms with Crippen molar-refractivity contribution in [2.24, 2.45) is 0 Å². The lowest BCUT2D eigenvalue weighted by Crippen LogP contribution is -2.39. The van der Waals surface area contributed by atoms with Crippen LogP contribution in [0.2, 0.25) is 0 Å². The Balaban J connectivity index is 1.79. The number of H-pyrrole nitrogens is 1. The standard InChI is InChI=1S/C16H17N3O5/c20-13(18(9-14(21)22)10-5-6-10)7-8-19-16(24)12-4-2-1-3-11(12)15(23)17-19/h1-4,10H,5-9H2,(H,17,23)(H,21,22). The number of aliphatic carboxylic acids is 1. The predicted molar refractivity (Wildman–Crippen MR) is 85.8 cm³/mol. The first kappa shape index (κ1) is 16.0. The van der Waals surface area contributed by atoms with Crippen LogP contribution in [-0.2, 0) is 16.1 Å². The summed E-state index contributed by atoms with van der Waals surface area (Å²) in [5.41, 5.74) is -0.781. The van der Waals surface area contributed by atoms with E-state index in [1.165, 1.54) is 4.90 Å². The maximum atomic E-state index is 12.4. The number of carboxylic acids is 1. The molecule has 2 N–H and O–H groups in total. The van der Waals surface area contributed by atoms with Gasteiger partial charge < -0.3 is 10.0 Å². The zero-order valence-corrected chi connectivity index (χ0v) is 12.9. The van der Waals surface area contributed by atoms with Gasteiger partial charge in [0.25, 0.3) is 11.1 Å². The molecule has 0 bridgehead atoms. The summed E-state index contributed by atoms with van der Waals surface area (Å²) < 4.78 is 1.11. The number of hydrogen-bond donors (Lipinski definition) is 2. The molecule has 8 heteroatoms. The fourth-order valence-corrected chi connectivity index (χ4v) is 2.71. The molecule has 1 fully saturated rings. The van der Waals surface area contributed by atoms with Crippen molar-refractivity contribution in [3.63, 3.8) is 0 Å².